The molecule has 0 aliphatic rings. The number of primary amides is 1. The molecule has 0 spiro atoms. The lowest BCUT2D eigenvalue weighted by Crippen LogP contribution is -2.15. The van der Waals surface area contributed by atoms with E-state index in [0.29, 0.717) is 76.5 Å². The van der Waals surface area contributed by atoms with Crippen LogP contribution >= 0.6 is 35.1 Å². The van der Waals surface area contributed by atoms with E-state index in [2.05, 4.69) is 45.9 Å². The number of aromatic hydroxyl groups is 1. The second-order valence-electron chi connectivity index (χ2n) is 17.8. The molecule has 0 atom stereocenters. The third-order valence-electron chi connectivity index (χ3n) is 11.7. The lowest BCUT2D eigenvalue weighted by Gasteiger charge is -2.13. The van der Waals surface area contributed by atoms with Gasteiger partial charge in [0.25, 0.3) is 36.3 Å². The molecule has 30 heteroatoms. The Morgan fingerprint density at radius 1 is 0.637 bits per heavy atom. The Morgan fingerprint density at radius 2 is 1.12 bits per heavy atom. The van der Waals surface area contributed by atoms with Gasteiger partial charge in [0.15, 0.2) is 5.65 Å². The fourth-order valence-corrected chi connectivity index (χ4v) is 11.6. The summed E-state index contributed by atoms with van der Waals surface area (Å²) in [6, 6.07) is 21.5. The number of amides is 1. The highest BCUT2D eigenvalue weighted by molar-refractivity contribution is 7.99. The standard InChI is InChI=1S/C50H52ClN11O13S5/c1-28-20-39(58-61-47-31(4)46(48(52)64)49-53-35-13-8-32(27-63)23-42(35)62(49)50(47)65)43(75-14-5-17-78(66,67)68)24-36(28)56-59-40-22-30(3)38(26-45(40)77-16-7-19-80(72,73)74)57-60-41-21-29(2)37(55-54-34-11-9-33(51)10-12-34)25-44(41)76-15-6-18-79(69,70)71/h8-13,20-26,63,65H,5-7,14-19,27H2,1-4H3,(H2,52,64)(H,66,67,68)(H,69,70,71)(H,72,73,74). The number of nitrogens with zero attached hydrogens (tertiary/aromatic N) is 10. The number of thioether (sulfide) groups is 2. The second-order valence-corrected chi connectivity index (χ2v) is 25.3. The number of fused-ring (bicyclic) bond motifs is 3. The maximum Gasteiger partial charge on any atom is 0.264 e. The summed E-state index contributed by atoms with van der Waals surface area (Å²) in [5.41, 5.74) is 11.3. The van der Waals surface area contributed by atoms with Gasteiger partial charge >= 0.3 is 0 Å². The van der Waals surface area contributed by atoms with Crippen LogP contribution in [0.3, 0.4) is 0 Å². The summed E-state index contributed by atoms with van der Waals surface area (Å²) in [7, 11) is -12.8. The van der Waals surface area contributed by atoms with Gasteiger partial charge in [0.2, 0.25) is 5.88 Å². The fraction of sp³-hybridized carbons (Fsp3) is 0.280. The van der Waals surface area contributed by atoms with Crippen molar-refractivity contribution < 1.29 is 58.7 Å². The third kappa shape index (κ3) is 16.4. The Balaban J connectivity index is 1.26. The summed E-state index contributed by atoms with van der Waals surface area (Å²) >= 11 is 8.52. The van der Waals surface area contributed by atoms with Crippen LogP contribution in [0, 0.1) is 27.7 Å². The third-order valence-corrected chi connectivity index (χ3v) is 16.6. The SMILES string of the molecule is Cc1cc(N=Nc2cc(SCCCS(=O)(=O)O)c(N=Nc3cc(OCCCS(=O)(=O)O)c(N=Nc4c(C)c(C(N)=O)c5nc6ccc(CO)cc6n5c4O)cc3C)cc2C)c(SCCCS(=O)(=O)O)cc1N=Nc1ccc(Cl)cc1. The van der Waals surface area contributed by atoms with Crippen molar-refractivity contribution in [2.24, 2.45) is 46.6 Å². The summed E-state index contributed by atoms with van der Waals surface area (Å²) in [6.45, 7) is 6.20. The number of hydrogen-bond donors (Lipinski definition) is 6. The minimum Gasteiger partial charge on any atom is -0.493 e. The number of benzene rings is 5. The van der Waals surface area contributed by atoms with E-state index >= 15 is 0 Å². The maximum atomic E-state index is 12.9. The van der Waals surface area contributed by atoms with Crippen molar-refractivity contribution in [2.45, 2.75) is 63.4 Å². The highest BCUT2D eigenvalue weighted by Gasteiger charge is 2.24. The lowest BCUT2D eigenvalue weighted by molar-refractivity contribution is 0.100. The Kier molecular flexibility index (Phi) is 19.9. The molecule has 0 aliphatic heterocycles. The van der Waals surface area contributed by atoms with Gasteiger partial charge in [-0.05, 0) is 153 Å². The molecule has 7 aromatic rings. The minimum absolute atomic E-state index is 0.0215. The summed E-state index contributed by atoms with van der Waals surface area (Å²) in [5.74, 6) is -2.37. The second kappa shape index (κ2) is 26.2. The van der Waals surface area contributed by atoms with E-state index in [0.717, 1.165) is 0 Å². The average molecular weight is 1210 g/mol. The number of carbonyl (C=O) groups is 1. The molecule has 0 saturated heterocycles. The first-order valence-corrected chi connectivity index (χ1v) is 31.1. The predicted molar refractivity (Wildman–Crippen MR) is 305 cm³/mol. The summed E-state index contributed by atoms with van der Waals surface area (Å²) < 4.78 is 105. The molecule has 0 radical (unpaired) electrons. The smallest absolute Gasteiger partial charge is 0.264 e. The van der Waals surface area contributed by atoms with Crippen LogP contribution in [-0.4, -0.2) is 99.8 Å². The van der Waals surface area contributed by atoms with Crippen LogP contribution in [0.1, 0.15) is 57.4 Å². The van der Waals surface area contributed by atoms with Gasteiger partial charge in [-0.25, -0.2) is 4.98 Å². The molecule has 0 aliphatic carbocycles. The number of nitrogens with two attached hydrogens (primary N) is 1. The predicted octanol–water partition coefficient (Wildman–Crippen LogP) is 12.7. The first-order valence-electron chi connectivity index (χ1n) is 23.9. The highest BCUT2D eigenvalue weighted by atomic mass is 35.5. The Labute approximate surface area is 473 Å². The molecular formula is C50H52ClN11O13S5. The molecule has 2 heterocycles. The van der Waals surface area contributed by atoms with Crippen LogP contribution in [-0.2, 0) is 37.0 Å². The van der Waals surface area contributed by atoms with E-state index < -0.39 is 59.4 Å². The number of imidazole rings is 1. The van der Waals surface area contributed by atoms with Crippen molar-refractivity contribution in [3.05, 3.63) is 117 Å². The van der Waals surface area contributed by atoms with E-state index in [1.54, 1.807) is 80.6 Å². The first-order chi connectivity index (χ1) is 37.8. The molecule has 422 valence electrons. The summed E-state index contributed by atoms with van der Waals surface area (Å²) in [6.07, 6.45) is 0.0594. The van der Waals surface area contributed by atoms with Crippen LogP contribution < -0.4 is 10.5 Å². The largest absolute Gasteiger partial charge is 0.493 e. The molecule has 5 aromatic carbocycles. The number of ether oxygens (including phenoxy) is 1. The highest BCUT2D eigenvalue weighted by Crippen LogP contribution is 2.44. The van der Waals surface area contributed by atoms with Crippen molar-refractivity contribution in [3.63, 3.8) is 0 Å². The van der Waals surface area contributed by atoms with Crippen molar-refractivity contribution in [3.8, 4) is 11.6 Å². The minimum atomic E-state index is -4.35. The lowest BCUT2D eigenvalue weighted by atomic mass is 10.1. The van der Waals surface area contributed by atoms with E-state index in [-0.39, 0.29) is 83.6 Å². The van der Waals surface area contributed by atoms with E-state index in [1.807, 2.05) is 6.92 Å². The topological polar surface area (TPSA) is 372 Å². The van der Waals surface area contributed by atoms with Gasteiger partial charge in [-0.2, -0.15) is 45.7 Å². The number of hydrogen-bond acceptors (Lipinski definition) is 21. The molecule has 1 amide bonds. The quantitative estimate of drug-likeness (QED) is 0.0134. The Bertz CT molecular complexity index is 3990. The van der Waals surface area contributed by atoms with E-state index in [9.17, 15) is 53.9 Å². The van der Waals surface area contributed by atoms with Crippen molar-refractivity contribution in [1.82, 2.24) is 9.38 Å². The van der Waals surface area contributed by atoms with Crippen LogP contribution in [0.25, 0.3) is 16.7 Å². The van der Waals surface area contributed by atoms with Gasteiger partial charge in [-0.3, -0.25) is 22.9 Å². The maximum absolute atomic E-state index is 12.9. The molecule has 0 saturated carbocycles. The van der Waals surface area contributed by atoms with Gasteiger partial charge < -0.3 is 20.7 Å². The number of halogens is 1. The number of pyridine rings is 1. The van der Waals surface area contributed by atoms with E-state index in [1.165, 1.54) is 47.0 Å². The fourth-order valence-electron chi connectivity index (χ4n) is 7.68. The number of aromatic nitrogens is 2. The van der Waals surface area contributed by atoms with Gasteiger partial charge in [-0.15, -0.1) is 44.0 Å². The zero-order valence-corrected chi connectivity index (χ0v) is 47.9. The normalized spacial score (nSPS) is 12.7. The molecule has 0 unspecified atom stereocenters. The van der Waals surface area contributed by atoms with Crippen LogP contribution in [0.2, 0.25) is 5.02 Å². The van der Waals surface area contributed by atoms with Gasteiger partial charge in [-0.1, -0.05) is 17.7 Å². The van der Waals surface area contributed by atoms with E-state index in [4.69, 9.17) is 22.1 Å². The Morgan fingerprint density at radius 3 is 1.65 bits per heavy atom. The van der Waals surface area contributed by atoms with Crippen molar-refractivity contribution in [1.29, 1.82) is 0 Å². The first kappa shape index (κ1) is 60.8. The number of carbonyl (C=O) groups excluding carboxylic acids is 1. The zero-order chi connectivity index (χ0) is 58.1. The number of aliphatic hydroxyl groups excluding tert-OH is 1. The summed E-state index contributed by atoms with van der Waals surface area (Å²) in [4.78, 5) is 18.5. The monoisotopic (exact) mass is 1210 g/mol. The molecule has 24 nitrogen and oxygen atoms in total. The zero-order valence-electron chi connectivity index (χ0n) is 43.0. The van der Waals surface area contributed by atoms with Crippen molar-refractivity contribution in [2.75, 3.05) is 35.4 Å². The number of aryl methyl sites for hydroxylation is 3. The van der Waals surface area contributed by atoms with Gasteiger partial charge in [0, 0.05) is 20.9 Å². The van der Waals surface area contributed by atoms with Gasteiger partial charge in [0.1, 0.15) is 17.1 Å². The number of aliphatic hydroxyl groups is 1. The number of rotatable bonds is 25. The number of azo groups is 4. The molecule has 2 aromatic heterocycles. The van der Waals surface area contributed by atoms with Crippen LogP contribution in [0.15, 0.2) is 130 Å². The molecule has 0 fully saturated rings. The van der Waals surface area contributed by atoms with Crippen molar-refractivity contribution >= 4 is 134 Å². The molecule has 0 bridgehead atoms. The Hall–Kier alpha value is -6.80. The van der Waals surface area contributed by atoms with Crippen LogP contribution in [0.4, 0.5) is 45.5 Å². The van der Waals surface area contributed by atoms with Crippen LogP contribution in [0.5, 0.6) is 11.6 Å². The molecule has 7 N–H and O–H groups in total. The summed E-state index contributed by atoms with van der Waals surface area (Å²) in [5, 5.41) is 57.8. The molecule has 80 heavy (non-hydrogen) atoms. The average Bonchev–Trinajstić information content (AvgIpc) is 3.75. The molecule has 7 rings (SSSR count). The van der Waals surface area contributed by atoms with Gasteiger partial charge in [0.05, 0.1) is 81.2 Å². The molecular weight excluding hydrogens is 1160 g/mol.